The molecule has 0 bridgehead atoms. The van der Waals surface area contributed by atoms with Crippen molar-refractivity contribution in [1.82, 2.24) is 0 Å². The van der Waals surface area contributed by atoms with E-state index in [1.165, 1.54) is 0 Å². The Labute approximate surface area is 162 Å². The van der Waals surface area contributed by atoms with Crippen LogP contribution >= 0.6 is 0 Å². The molecule has 7 heteroatoms. The molecule has 2 N–H and O–H groups in total. The summed E-state index contributed by atoms with van der Waals surface area (Å²) in [5, 5.41) is 5.57. The van der Waals surface area contributed by atoms with Crippen LogP contribution in [0.2, 0.25) is 0 Å². The van der Waals surface area contributed by atoms with Crippen molar-refractivity contribution < 1.29 is 23.8 Å². The molecule has 0 radical (unpaired) electrons. The van der Waals surface area contributed by atoms with Crippen molar-refractivity contribution in [3.05, 3.63) is 42.5 Å². The van der Waals surface area contributed by atoms with Gasteiger partial charge in [0.2, 0.25) is 5.91 Å². The van der Waals surface area contributed by atoms with Crippen LogP contribution < -0.4 is 24.8 Å². The maximum Gasteiger partial charge on any atom is 0.266 e. The minimum absolute atomic E-state index is 0.0848. The van der Waals surface area contributed by atoms with Crippen LogP contribution in [-0.2, 0) is 9.59 Å². The summed E-state index contributed by atoms with van der Waals surface area (Å²) in [5.74, 6) is 0.722. The molecule has 2 aromatic rings. The number of para-hydroxylation sites is 2. The minimum Gasteiger partial charge on any atom is -0.478 e. The number of amides is 2. The lowest BCUT2D eigenvalue weighted by atomic mass is 10.1. The first-order chi connectivity index (χ1) is 13.6. The molecule has 5 rings (SSSR count). The zero-order chi connectivity index (χ0) is 19.1. The second kappa shape index (κ2) is 6.44. The van der Waals surface area contributed by atoms with E-state index in [0.717, 1.165) is 25.7 Å². The number of carbonyl (C=O) groups excluding carboxylic acids is 2. The van der Waals surface area contributed by atoms with Crippen molar-refractivity contribution >= 4 is 23.2 Å². The average Bonchev–Trinajstić information content (AvgIpc) is 3.28. The van der Waals surface area contributed by atoms with Gasteiger partial charge in [-0.2, -0.15) is 0 Å². The van der Waals surface area contributed by atoms with Crippen LogP contribution in [-0.4, -0.2) is 23.7 Å². The third-order valence-corrected chi connectivity index (χ3v) is 5.26. The maximum atomic E-state index is 12.4. The fraction of sp³-hybridized carbons (Fsp3) is 0.333. The number of rotatable bonds is 3. The molecule has 144 valence electrons. The van der Waals surface area contributed by atoms with Crippen molar-refractivity contribution in [2.45, 2.75) is 44.0 Å². The summed E-state index contributed by atoms with van der Waals surface area (Å²) >= 11 is 0. The van der Waals surface area contributed by atoms with Crippen LogP contribution in [0.25, 0.3) is 0 Å². The van der Waals surface area contributed by atoms with E-state index in [1.54, 1.807) is 30.3 Å². The third-order valence-electron chi connectivity index (χ3n) is 5.26. The van der Waals surface area contributed by atoms with Crippen LogP contribution in [0.15, 0.2) is 42.5 Å². The molecule has 1 saturated carbocycles. The van der Waals surface area contributed by atoms with Gasteiger partial charge in [0.25, 0.3) is 11.7 Å². The summed E-state index contributed by atoms with van der Waals surface area (Å²) in [6.45, 7) is 0. The number of hydrogen-bond donors (Lipinski definition) is 2. The Morgan fingerprint density at radius 2 is 1.86 bits per heavy atom. The predicted molar refractivity (Wildman–Crippen MR) is 102 cm³/mol. The van der Waals surface area contributed by atoms with Gasteiger partial charge in [-0.05, 0) is 37.1 Å². The van der Waals surface area contributed by atoms with E-state index >= 15 is 0 Å². The summed E-state index contributed by atoms with van der Waals surface area (Å²) < 4.78 is 17.7. The van der Waals surface area contributed by atoms with E-state index in [4.69, 9.17) is 14.2 Å². The molecule has 7 nitrogen and oxygen atoms in total. The summed E-state index contributed by atoms with van der Waals surface area (Å²) in [6, 6.07) is 12.5. The van der Waals surface area contributed by atoms with E-state index in [9.17, 15) is 9.59 Å². The van der Waals surface area contributed by atoms with Crippen LogP contribution in [0, 0.1) is 0 Å². The highest BCUT2D eigenvalue weighted by atomic mass is 16.7. The van der Waals surface area contributed by atoms with E-state index in [2.05, 4.69) is 10.6 Å². The molecule has 2 heterocycles. The van der Waals surface area contributed by atoms with Gasteiger partial charge in [0, 0.05) is 24.6 Å². The number of carbonyl (C=O) groups is 2. The Kier molecular flexibility index (Phi) is 3.89. The number of ether oxygens (including phenoxy) is 3. The normalized spacial score (nSPS) is 21.0. The van der Waals surface area contributed by atoms with E-state index in [0.29, 0.717) is 28.6 Å². The molecule has 1 spiro atoms. The first-order valence-electron chi connectivity index (χ1n) is 9.49. The fourth-order valence-electron chi connectivity index (χ4n) is 3.90. The van der Waals surface area contributed by atoms with Crippen LogP contribution in [0.4, 0.5) is 11.4 Å². The molecular formula is C21H20N2O5. The van der Waals surface area contributed by atoms with Gasteiger partial charge in [-0.1, -0.05) is 12.1 Å². The second-order valence-corrected chi connectivity index (χ2v) is 7.33. The number of nitrogens with one attached hydrogen (secondary N) is 2. The average molecular weight is 380 g/mol. The van der Waals surface area contributed by atoms with Crippen LogP contribution in [0.1, 0.15) is 32.1 Å². The lowest BCUT2D eigenvalue weighted by molar-refractivity contribution is -0.128. The quantitative estimate of drug-likeness (QED) is 0.852. The zero-order valence-corrected chi connectivity index (χ0v) is 15.2. The molecule has 1 fully saturated rings. The molecule has 0 unspecified atom stereocenters. The van der Waals surface area contributed by atoms with Gasteiger partial charge in [0.1, 0.15) is 5.75 Å². The summed E-state index contributed by atoms with van der Waals surface area (Å²) in [6.07, 6.45) is 2.97. The molecular weight excluding hydrogens is 360 g/mol. The molecule has 3 aliphatic rings. The van der Waals surface area contributed by atoms with Crippen molar-refractivity contribution in [2.75, 3.05) is 10.6 Å². The van der Waals surface area contributed by atoms with Gasteiger partial charge in [0.15, 0.2) is 17.6 Å². The number of anilines is 2. The fourth-order valence-corrected chi connectivity index (χ4v) is 3.90. The van der Waals surface area contributed by atoms with Gasteiger partial charge in [-0.3, -0.25) is 9.59 Å². The van der Waals surface area contributed by atoms with E-state index < -0.39 is 11.9 Å². The van der Waals surface area contributed by atoms with Crippen molar-refractivity contribution in [1.29, 1.82) is 0 Å². The van der Waals surface area contributed by atoms with Gasteiger partial charge >= 0.3 is 0 Å². The summed E-state index contributed by atoms with van der Waals surface area (Å²) in [7, 11) is 0. The van der Waals surface area contributed by atoms with Crippen LogP contribution in [0.3, 0.4) is 0 Å². The van der Waals surface area contributed by atoms with Crippen molar-refractivity contribution in [3.63, 3.8) is 0 Å². The SMILES string of the molecule is O=C(C[C@H]1Oc2ccccc2NC1=O)Nc1ccc2c(c1)OC1(CCCC1)O2. The standard InChI is InChI=1S/C21H20N2O5/c24-19(12-18-20(25)23-14-5-1-2-6-15(14)26-18)22-13-7-8-16-17(11-13)28-21(27-16)9-3-4-10-21/h1-2,5-8,11,18H,3-4,9-10,12H2,(H,22,24)(H,23,25)/t18-/m1/s1. The maximum absolute atomic E-state index is 12.4. The molecule has 1 aliphatic carbocycles. The Bertz CT molecular complexity index is 952. The zero-order valence-electron chi connectivity index (χ0n) is 15.2. The lowest BCUT2D eigenvalue weighted by Crippen LogP contribution is -2.39. The van der Waals surface area contributed by atoms with Crippen LogP contribution in [0.5, 0.6) is 17.2 Å². The monoisotopic (exact) mass is 380 g/mol. The smallest absolute Gasteiger partial charge is 0.266 e. The van der Waals surface area contributed by atoms with E-state index in [1.807, 2.05) is 12.1 Å². The molecule has 28 heavy (non-hydrogen) atoms. The van der Waals surface area contributed by atoms with Gasteiger partial charge < -0.3 is 24.8 Å². The highest BCUT2D eigenvalue weighted by Crippen LogP contribution is 2.47. The molecule has 1 atom stereocenters. The first-order valence-corrected chi connectivity index (χ1v) is 9.49. The number of hydrogen-bond acceptors (Lipinski definition) is 5. The topological polar surface area (TPSA) is 85.9 Å². The first kappa shape index (κ1) is 16.9. The van der Waals surface area contributed by atoms with E-state index in [-0.39, 0.29) is 18.2 Å². The Morgan fingerprint density at radius 3 is 2.71 bits per heavy atom. The molecule has 0 saturated heterocycles. The highest BCUT2D eigenvalue weighted by Gasteiger charge is 2.44. The summed E-state index contributed by atoms with van der Waals surface area (Å²) in [5.41, 5.74) is 1.21. The third kappa shape index (κ3) is 3.02. The Morgan fingerprint density at radius 1 is 1.07 bits per heavy atom. The lowest BCUT2D eigenvalue weighted by Gasteiger charge is -2.25. The molecule has 2 amide bonds. The Balaban J connectivity index is 1.24. The molecule has 0 aromatic heterocycles. The summed E-state index contributed by atoms with van der Waals surface area (Å²) in [4.78, 5) is 24.6. The predicted octanol–water partition coefficient (Wildman–Crippen LogP) is 3.46. The number of fused-ring (bicyclic) bond motifs is 2. The second-order valence-electron chi connectivity index (χ2n) is 7.33. The van der Waals surface area contributed by atoms with Crippen molar-refractivity contribution in [2.24, 2.45) is 0 Å². The Hall–Kier alpha value is -3.22. The van der Waals surface area contributed by atoms with Gasteiger partial charge in [-0.25, -0.2) is 0 Å². The largest absolute Gasteiger partial charge is 0.478 e. The molecule has 2 aromatic carbocycles. The highest BCUT2D eigenvalue weighted by molar-refractivity contribution is 6.02. The minimum atomic E-state index is -0.870. The van der Waals surface area contributed by atoms with Gasteiger partial charge in [-0.15, -0.1) is 0 Å². The van der Waals surface area contributed by atoms with Crippen molar-refractivity contribution in [3.8, 4) is 17.2 Å². The number of benzene rings is 2. The molecule has 2 aliphatic heterocycles. The van der Waals surface area contributed by atoms with Gasteiger partial charge in [0.05, 0.1) is 12.1 Å².